The first-order chi connectivity index (χ1) is 10.4. The summed E-state index contributed by atoms with van der Waals surface area (Å²) in [5.74, 6) is 1.65. The highest BCUT2D eigenvalue weighted by atomic mass is 16.5. The molecule has 2 aliphatic rings. The van der Waals surface area contributed by atoms with Gasteiger partial charge in [-0.3, -0.25) is 0 Å². The lowest BCUT2D eigenvalue weighted by atomic mass is 9.87. The fraction of sp³-hybridized carbons (Fsp3) is 0.368. The summed E-state index contributed by atoms with van der Waals surface area (Å²) in [5, 5.41) is 3.53. The number of ether oxygens (including phenoxy) is 1. The van der Waals surface area contributed by atoms with Gasteiger partial charge in [-0.25, -0.2) is 0 Å². The minimum absolute atomic E-state index is 0.580. The van der Waals surface area contributed by atoms with Crippen LogP contribution in [-0.4, -0.2) is 13.2 Å². The Morgan fingerprint density at radius 1 is 1.14 bits per heavy atom. The van der Waals surface area contributed by atoms with Crippen LogP contribution in [0.4, 0.5) is 5.69 Å². The van der Waals surface area contributed by atoms with Crippen LogP contribution < -0.4 is 10.1 Å². The summed E-state index contributed by atoms with van der Waals surface area (Å²) in [5.41, 5.74) is 5.62. The SMILES string of the molecule is c1ccc2c(c1)OCCC2Cc1ccc2c(c1)NCCC2. The van der Waals surface area contributed by atoms with Crippen molar-refractivity contribution in [2.75, 3.05) is 18.5 Å². The van der Waals surface area contributed by atoms with Crippen molar-refractivity contribution in [2.45, 2.75) is 31.6 Å². The fourth-order valence-electron chi connectivity index (χ4n) is 3.55. The Kier molecular flexibility index (Phi) is 3.30. The van der Waals surface area contributed by atoms with Gasteiger partial charge >= 0.3 is 0 Å². The molecule has 0 spiro atoms. The second-order valence-electron chi connectivity index (χ2n) is 6.10. The summed E-state index contributed by atoms with van der Waals surface area (Å²) in [6.07, 6.45) is 4.68. The van der Waals surface area contributed by atoms with Crippen molar-refractivity contribution in [1.29, 1.82) is 0 Å². The summed E-state index contributed by atoms with van der Waals surface area (Å²) in [6, 6.07) is 15.5. The van der Waals surface area contributed by atoms with Gasteiger partial charge in [-0.05, 0) is 60.4 Å². The van der Waals surface area contributed by atoms with Crippen molar-refractivity contribution in [2.24, 2.45) is 0 Å². The van der Waals surface area contributed by atoms with Crippen LogP contribution in [0.5, 0.6) is 5.75 Å². The maximum Gasteiger partial charge on any atom is 0.122 e. The molecule has 1 unspecified atom stereocenters. The van der Waals surface area contributed by atoms with Crippen LogP contribution in [-0.2, 0) is 12.8 Å². The molecule has 0 fully saturated rings. The van der Waals surface area contributed by atoms with E-state index in [1.54, 1.807) is 0 Å². The molecule has 2 heteroatoms. The van der Waals surface area contributed by atoms with Crippen molar-refractivity contribution in [1.82, 2.24) is 0 Å². The number of benzene rings is 2. The number of rotatable bonds is 2. The zero-order chi connectivity index (χ0) is 14.1. The van der Waals surface area contributed by atoms with Gasteiger partial charge in [0.05, 0.1) is 6.61 Å². The number of anilines is 1. The zero-order valence-electron chi connectivity index (χ0n) is 12.3. The number of aryl methyl sites for hydroxylation is 1. The predicted octanol–water partition coefficient (Wildman–Crippen LogP) is 4.15. The molecule has 4 rings (SSSR count). The standard InChI is InChI=1S/C19H21NO/c1-2-6-19-17(5-1)16(9-11-21-19)12-14-7-8-15-4-3-10-20-18(15)13-14/h1-2,5-8,13,16,20H,3-4,9-12H2. The molecule has 2 aromatic carbocycles. The largest absolute Gasteiger partial charge is 0.493 e. The molecule has 0 amide bonds. The molecule has 108 valence electrons. The Labute approximate surface area is 126 Å². The van der Waals surface area contributed by atoms with Gasteiger partial charge in [0.1, 0.15) is 5.75 Å². The van der Waals surface area contributed by atoms with E-state index in [4.69, 9.17) is 4.74 Å². The lowest BCUT2D eigenvalue weighted by molar-refractivity contribution is 0.266. The van der Waals surface area contributed by atoms with Gasteiger partial charge < -0.3 is 10.1 Å². The van der Waals surface area contributed by atoms with Crippen molar-refractivity contribution < 1.29 is 4.74 Å². The molecule has 2 heterocycles. The first-order valence-corrected chi connectivity index (χ1v) is 7.97. The van der Waals surface area contributed by atoms with Crippen molar-refractivity contribution in [3.05, 3.63) is 59.2 Å². The Hall–Kier alpha value is -1.96. The molecule has 2 aromatic rings. The van der Waals surface area contributed by atoms with E-state index in [2.05, 4.69) is 47.8 Å². The van der Waals surface area contributed by atoms with Crippen LogP contribution in [0.2, 0.25) is 0 Å². The molecule has 0 aliphatic carbocycles. The van der Waals surface area contributed by atoms with Crippen LogP contribution in [0.15, 0.2) is 42.5 Å². The topological polar surface area (TPSA) is 21.3 Å². The number of para-hydroxylation sites is 1. The normalized spacial score (nSPS) is 19.9. The average molecular weight is 279 g/mol. The average Bonchev–Trinajstić information content (AvgIpc) is 2.55. The highest BCUT2D eigenvalue weighted by Gasteiger charge is 2.21. The quantitative estimate of drug-likeness (QED) is 0.891. The van der Waals surface area contributed by atoms with E-state index in [1.807, 2.05) is 0 Å². The number of fused-ring (bicyclic) bond motifs is 2. The minimum Gasteiger partial charge on any atom is -0.493 e. The Bertz CT molecular complexity index is 650. The Morgan fingerprint density at radius 3 is 3.10 bits per heavy atom. The van der Waals surface area contributed by atoms with Gasteiger partial charge in [0, 0.05) is 12.2 Å². The molecule has 21 heavy (non-hydrogen) atoms. The molecule has 0 aromatic heterocycles. The molecule has 0 saturated heterocycles. The summed E-state index contributed by atoms with van der Waals surface area (Å²) in [6.45, 7) is 1.95. The van der Waals surface area contributed by atoms with E-state index in [0.717, 1.165) is 31.7 Å². The third kappa shape index (κ3) is 2.51. The van der Waals surface area contributed by atoms with Crippen LogP contribution in [0.25, 0.3) is 0 Å². The maximum atomic E-state index is 5.77. The molecule has 0 radical (unpaired) electrons. The van der Waals surface area contributed by atoms with Crippen LogP contribution >= 0.6 is 0 Å². The maximum absolute atomic E-state index is 5.77. The van der Waals surface area contributed by atoms with E-state index < -0.39 is 0 Å². The predicted molar refractivity (Wildman–Crippen MR) is 86.3 cm³/mol. The Morgan fingerprint density at radius 2 is 2.10 bits per heavy atom. The number of nitrogens with one attached hydrogen (secondary N) is 1. The summed E-state index contributed by atoms with van der Waals surface area (Å²) in [4.78, 5) is 0. The molecule has 1 atom stereocenters. The summed E-state index contributed by atoms with van der Waals surface area (Å²) < 4.78 is 5.77. The van der Waals surface area contributed by atoms with E-state index in [1.165, 1.54) is 35.2 Å². The molecule has 2 aliphatic heterocycles. The third-order valence-corrected chi connectivity index (χ3v) is 4.68. The van der Waals surface area contributed by atoms with Crippen LogP contribution in [0, 0.1) is 0 Å². The molecule has 2 nitrogen and oxygen atoms in total. The molecule has 0 saturated carbocycles. The van der Waals surface area contributed by atoms with E-state index >= 15 is 0 Å². The summed E-state index contributed by atoms with van der Waals surface area (Å²) in [7, 11) is 0. The van der Waals surface area contributed by atoms with E-state index in [-0.39, 0.29) is 0 Å². The van der Waals surface area contributed by atoms with Crippen LogP contribution in [0.1, 0.15) is 35.4 Å². The van der Waals surface area contributed by atoms with Crippen LogP contribution in [0.3, 0.4) is 0 Å². The third-order valence-electron chi connectivity index (χ3n) is 4.68. The van der Waals surface area contributed by atoms with Gasteiger partial charge in [-0.15, -0.1) is 0 Å². The number of hydrogen-bond acceptors (Lipinski definition) is 2. The lowest BCUT2D eigenvalue weighted by Gasteiger charge is -2.26. The molecular formula is C19H21NO. The van der Waals surface area contributed by atoms with E-state index in [0.29, 0.717) is 5.92 Å². The lowest BCUT2D eigenvalue weighted by Crippen LogP contribution is -2.16. The second-order valence-corrected chi connectivity index (χ2v) is 6.10. The fourth-order valence-corrected chi connectivity index (χ4v) is 3.55. The van der Waals surface area contributed by atoms with Crippen molar-refractivity contribution in [3.63, 3.8) is 0 Å². The highest BCUT2D eigenvalue weighted by molar-refractivity contribution is 5.55. The first-order valence-electron chi connectivity index (χ1n) is 7.97. The molecule has 0 bridgehead atoms. The van der Waals surface area contributed by atoms with Gasteiger partial charge in [-0.2, -0.15) is 0 Å². The van der Waals surface area contributed by atoms with Gasteiger partial charge in [0.2, 0.25) is 0 Å². The van der Waals surface area contributed by atoms with Gasteiger partial charge in [0.25, 0.3) is 0 Å². The molecule has 1 N–H and O–H groups in total. The smallest absolute Gasteiger partial charge is 0.122 e. The first kappa shape index (κ1) is 12.8. The molecular weight excluding hydrogens is 258 g/mol. The highest BCUT2D eigenvalue weighted by Crippen LogP contribution is 2.36. The number of hydrogen-bond donors (Lipinski definition) is 1. The minimum atomic E-state index is 0.580. The second kappa shape index (κ2) is 5.44. The van der Waals surface area contributed by atoms with Gasteiger partial charge in [0.15, 0.2) is 0 Å². The monoisotopic (exact) mass is 279 g/mol. The van der Waals surface area contributed by atoms with Crippen molar-refractivity contribution in [3.8, 4) is 5.75 Å². The summed E-state index contributed by atoms with van der Waals surface area (Å²) >= 11 is 0. The van der Waals surface area contributed by atoms with Crippen molar-refractivity contribution >= 4 is 5.69 Å². The van der Waals surface area contributed by atoms with Gasteiger partial charge in [-0.1, -0.05) is 30.3 Å². The zero-order valence-corrected chi connectivity index (χ0v) is 12.3. The van der Waals surface area contributed by atoms with E-state index in [9.17, 15) is 0 Å². The Balaban J connectivity index is 1.59.